The van der Waals surface area contributed by atoms with Crippen LogP contribution in [0.1, 0.15) is 117 Å². The van der Waals surface area contributed by atoms with E-state index in [1.807, 2.05) is 143 Å². The Bertz CT molecular complexity index is 3820. The smallest absolute Gasteiger partial charge is 0.338 e. The van der Waals surface area contributed by atoms with Crippen LogP contribution < -0.4 is 10.0 Å². The third-order valence-electron chi connectivity index (χ3n) is 15.7. The second-order valence-electron chi connectivity index (χ2n) is 21.6. The number of carbonyl (C=O) groups is 2. The summed E-state index contributed by atoms with van der Waals surface area (Å²) in [6.45, 7) is 0.749. The number of hydrogen-bond acceptors (Lipinski definition) is 8. The molecule has 422 valence electrons. The highest BCUT2D eigenvalue weighted by molar-refractivity contribution is 6.26. The summed E-state index contributed by atoms with van der Waals surface area (Å²) in [5.74, 6) is -0.636. The number of hydrazone groups is 2. The van der Waals surface area contributed by atoms with E-state index in [4.69, 9.17) is 19.7 Å². The molecule has 0 amide bonds. The van der Waals surface area contributed by atoms with Gasteiger partial charge in [-0.3, -0.25) is 0 Å². The molecule has 2 aliphatic carbocycles. The Hall–Kier alpha value is -10.4. The summed E-state index contributed by atoms with van der Waals surface area (Å²) in [6.07, 6.45) is 16.4. The molecule has 0 aromatic heterocycles. The van der Waals surface area contributed by atoms with Crippen molar-refractivity contribution in [1.29, 1.82) is 0 Å². The number of benzene rings is 10. The number of rotatable bonds is 23. The molecule has 0 fully saturated rings. The molecule has 0 heterocycles. The number of unbranched alkanes of at least 4 members (excludes halogenated alkanes) is 7. The van der Waals surface area contributed by atoms with Gasteiger partial charge in [-0.15, -0.1) is 0 Å². The Kier molecular flexibility index (Phi) is 17.8. The number of hydrogen-bond donors (Lipinski definition) is 0. The Morgan fingerprint density at radius 2 is 0.581 bits per heavy atom. The standard InChI is InChI=1S/C78H66N4O4/c83-77(61-45-51-71-73(55-61)67-33-19-21-35-69(67)75(71)79-81(63-29-15-9-16-30-63)65-47-41-59(42-48-65)39-37-57-25-11-7-12-26-57)85-53-23-5-3-1-2-4-6-24-54-86-78(84)62-46-52-72-74(56-62)68-34-20-22-36-70(68)76(72)80-82(64-31-17-10-18-32-64)66-49-43-60(44-50-66)40-38-58-27-13-8-14-28-58/h7-22,25-52,55-56H,1-6,23-24,53-54H2. The van der Waals surface area contributed by atoms with Crippen molar-refractivity contribution >= 4 is 70.4 Å². The second kappa shape index (κ2) is 27.3. The third kappa shape index (κ3) is 13.3. The number of esters is 2. The van der Waals surface area contributed by atoms with Crippen LogP contribution in [0.15, 0.2) is 265 Å². The van der Waals surface area contributed by atoms with Gasteiger partial charge >= 0.3 is 11.9 Å². The predicted molar refractivity (Wildman–Crippen MR) is 353 cm³/mol. The number of carbonyl (C=O) groups excluding carboxylic acids is 2. The maximum absolute atomic E-state index is 13.5. The fourth-order valence-electron chi connectivity index (χ4n) is 11.2. The van der Waals surface area contributed by atoms with E-state index >= 15 is 0 Å². The van der Waals surface area contributed by atoms with Crippen LogP contribution in [0.4, 0.5) is 22.7 Å². The molecular weight excluding hydrogens is 1060 g/mol. The summed E-state index contributed by atoms with van der Waals surface area (Å²) in [6, 6.07) is 85.9. The largest absolute Gasteiger partial charge is 0.462 e. The predicted octanol–water partition coefficient (Wildman–Crippen LogP) is 19.3. The van der Waals surface area contributed by atoms with Crippen LogP contribution in [0.2, 0.25) is 0 Å². The Morgan fingerprint density at radius 3 is 0.953 bits per heavy atom. The molecular formula is C78H66N4O4. The highest BCUT2D eigenvalue weighted by atomic mass is 16.5. The molecule has 0 radical (unpaired) electrons. The van der Waals surface area contributed by atoms with Crippen LogP contribution in [0.5, 0.6) is 0 Å². The number of nitrogens with zero attached hydrogens (tertiary/aromatic N) is 4. The average Bonchev–Trinajstić information content (AvgIpc) is 1.91. The van der Waals surface area contributed by atoms with Gasteiger partial charge in [-0.1, -0.05) is 245 Å². The van der Waals surface area contributed by atoms with Gasteiger partial charge in [0.1, 0.15) is 0 Å². The number of anilines is 4. The van der Waals surface area contributed by atoms with Gasteiger partial charge in [0, 0.05) is 22.3 Å². The summed E-state index contributed by atoms with van der Waals surface area (Å²) in [5, 5.41) is 14.7. The molecule has 0 unspecified atom stereocenters. The van der Waals surface area contributed by atoms with Gasteiger partial charge in [0.2, 0.25) is 0 Å². The zero-order chi connectivity index (χ0) is 58.3. The van der Waals surface area contributed by atoms with Gasteiger partial charge in [-0.05, 0) is 130 Å². The summed E-state index contributed by atoms with van der Waals surface area (Å²) in [4.78, 5) is 27.0. The van der Waals surface area contributed by atoms with E-state index in [9.17, 15) is 9.59 Å². The second-order valence-corrected chi connectivity index (χ2v) is 21.6. The summed E-state index contributed by atoms with van der Waals surface area (Å²) in [7, 11) is 0. The van der Waals surface area contributed by atoms with E-state index in [2.05, 4.69) is 146 Å². The first-order chi connectivity index (χ1) is 42.5. The molecule has 0 aliphatic heterocycles. The van der Waals surface area contributed by atoms with Crippen molar-refractivity contribution in [1.82, 2.24) is 0 Å². The summed E-state index contributed by atoms with van der Waals surface area (Å²) < 4.78 is 11.7. The zero-order valence-corrected chi connectivity index (χ0v) is 48.1. The topological polar surface area (TPSA) is 83.8 Å². The van der Waals surface area contributed by atoms with Gasteiger partial charge in [0.05, 0.1) is 58.5 Å². The highest BCUT2D eigenvalue weighted by Crippen LogP contribution is 2.41. The lowest BCUT2D eigenvalue weighted by molar-refractivity contribution is 0.0487. The minimum absolute atomic E-state index is 0.318. The third-order valence-corrected chi connectivity index (χ3v) is 15.7. The Balaban J connectivity index is 0.596. The lowest BCUT2D eigenvalue weighted by Gasteiger charge is -2.21. The first kappa shape index (κ1) is 56.1. The minimum Gasteiger partial charge on any atom is -0.462 e. The molecule has 0 saturated carbocycles. The molecule has 10 aromatic rings. The first-order valence-electron chi connectivity index (χ1n) is 29.9. The van der Waals surface area contributed by atoms with E-state index in [-0.39, 0.29) is 11.9 Å². The van der Waals surface area contributed by atoms with Gasteiger partial charge in [0.15, 0.2) is 0 Å². The van der Waals surface area contributed by atoms with Crippen LogP contribution in [0, 0.1) is 0 Å². The number of para-hydroxylation sites is 2. The number of fused-ring (bicyclic) bond motifs is 6. The SMILES string of the molecule is O=C(OCCCCCCCCCCOC(=O)c1ccc2c(c1)-c1ccccc1C2=NN(c1ccccc1)c1ccc(C=Cc2ccccc2)cc1)c1ccc2c(c1)-c1ccccc1C2=NN(c1ccccc1)c1ccc(C=Cc2ccccc2)cc1. The van der Waals surface area contributed by atoms with E-state index in [1.54, 1.807) is 0 Å². The normalized spacial score (nSPS) is 12.9. The summed E-state index contributed by atoms with van der Waals surface area (Å²) in [5.41, 5.74) is 18.9. The number of ether oxygens (including phenoxy) is 2. The summed E-state index contributed by atoms with van der Waals surface area (Å²) >= 11 is 0. The van der Waals surface area contributed by atoms with Crippen LogP contribution >= 0.6 is 0 Å². The minimum atomic E-state index is -0.318. The van der Waals surface area contributed by atoms with Crippen molar-refractivity contribution in [3.63, 3.8) is 0 Å². The fraction of sp³-hybridized carbons (Fsp3) is 0.128. The van der Waals surface area contributed by atoms with E-state index < -0.39 is 0 Å². The lowest BCUT2D eigenvalue weighted by Crippen LogP contribution is -2.14. The van der Waals surface area contributed by atoms with Gasteiger partial charge in [-0.25, -0.2) is 19.6 Å². The zero-order valence-electron chi connectivity index (χ0n) is 48.1. The molecule has 0 saturated heterocycles. The quantitative estimate of drug-likeness (QED) is 0.0275. The van der Waals surface area contributed by atoms with Crippen LogP contribution in [-0.4, -0.2) is 36.6 Å². The maximum Gasteiger partial charge on any atom is 0.338 e. The van der Waals surface area contributed by atoms with Gasteiger partial charge < -0.3 is 9.47 Å². The van der Waals surface area contributed by atoms with Crippen molar-refractivity contribution in [2.45, 2.75) is 51.4 Å². The van der Waals surface area contributed by atoms with Crippen LogP contribution in [0.25, 0.3) is 46.6 Å². The molecule has 2 aliphatic rings. The molecule has 0 N–H and O–H groups in total. The van der Waals surface area contributed by atoms with Crippen molar-refractivity contribution in [2.75, 3.05) is 23.2 Å². The van der Waals surface area contributed by atoms with Gasteiger partial charge in [0.25, 0.3) is 0 Å². The Morgan fingerprint density at radius 1 is 0.291 bits per heavy atom. The van der Waals surface area contributed by atoms with E-state index in [0.717, 1.165) is 152 Å². The van der Waals surface area contributed by atoms with Crippen LogP contribution in [0.3, 0.4) is 0 Å². The molecule has 0 bridgehead atoms. The molecule has 0 atom stereocenters. The molecule has 8 nitrogen and oxygen atoms in total. The van der Waals surface area contributed by atoms with Crippen molar-refractivity contribution < 1.29 is 19.1 Å². The van der Waals surface area contributed by atoms with Gasteiger partial charge in [-0.2, -0.15) is 10.2 Å². The molecule has 86 heavy (non-hydrogen) atoms. The maximum atomic E-state index is 13.5. The Labute approximate surface area is 504 Å². The molecule has 10 aromatic carbocycles. The monoisotopic (exact) mass is 1120 g/mol. The average molecular weight is 1120 g/mol. The fourth-order valence-corrected chi connectivity index (χ4v) is 11.2. The molecule has 8 heteroatoms. The van der Waals surface area contributed by atoms with Crippen molar-refractivity contribution in [3.8, 4) is 22.3 Å². The van der Waals surface area contributed by atoms with E-state index in [1.165, 1.54) is 0 Å². The molecule has 0 spiro atoms. The van der Waals surface area contributed by atoms with Crippen molar-refractivity contribution in [2.24, 2.45) is 10.2 Å². The highest BCUT2D eigenvalue weighted by Gasteiger charge is 2.29. The van der Waals surface area contributed by atoms with E-state index in [0.29, 0.717) is 24.3 Å². The first-order valence-corrected chi connectivity index (χ1v) is 29.9. The lowest BCUT2D eigenvalue weighted by atomic mass is 10.0. The van der Waals surface area contributed by atoms with Crippen molar-refractivity contribution in [3.05, 3.63) is 310 Å². The van der Waals surface area contributed by atoms with Crippen LogP contribution in [-0.2, 0) is 9.47 Å². The molecule has 12 rings (SSSR count).